The maximum atomic E-state index is 4.71. The van der Waals surface area contributed by atoms with Crippen LogP contribution in [0.5, 0.6) is 0 Å². The van der Waals surface area contributed by atoms with Crippen LogP contribution in [0.25, 0.3) is 77.8 Å². The molecule has 5 aromatic carbocycles. The van der Waals surface area contributed by atoms with Gasteiger partial charge in [-0.1, -0.05) is 66.7 Å². The molecule has 9 rings (SSSR count). The van der Waals surface area contributed by atoms with Crippen LogP contribution in [0.3, 0.4) is 0 Å². The molecule has 4 nitrogen and oxygen atoms in total. The van der Waals surface area contributed by atoms with Gasteiger partial charge in [-0.2, -0.15) is 0 Å². The second kappa shape index (κ2) is 16.8. The Bertz CT molecular complexity index is 2460. The molecular formula is C48H32IrN4-2. The minimum atomic E-state index is 0. The minimum absolute atomic E-state index is 0. The number of aromatic nitrogens is 4. The van der Waals surface area contributed by atoms with Gasteiger partial charge in [0.05, 0.1) is 0 Å². The van der Waals surface area contributed by atoms with Crippen molar-refractivity contribution in [3.05, 3.63) is 207 Å². The average Bonchev–Trinajstić information content (AvgIpc) is 3.25. The van der Waals surface area contributed by atoms with E-state index < -0.39 is 0 Å². The Morgan fingerprint density at radius 2 is 1.00 bits per heavy atom. The maximum Gasteiger partial charge on any atom is 0.0346 e. The summed E-state index contributed by atoms with van der Waals surface area (Å²) in [6.45, 7) is 0. The van der Waals surface area contributed by atoms with E-state index in [0.717, 1.165) is 72.4 Å². The molecule has 0 fully saturated rings. The van der Waals surface area contributed by atoms with Gasteiger partial charge in [0.1, 0.15) is 0 Å². The fourth-order valence-corrected chi connectivity index (χ4v) is 6.26. The van der Waals surface area contributed by atoms with Gasteiger partial charge in [0.2, 0.25) is 0 Å². The van der Waals surface area contributed by atoms with Crippen molar-refractivity contribution >= 4 is 10.8 Å². The Hall–Kier alpha value is -6.39. The summed E-state index contributed by atoms with van der Waals surface area (Å²) < 4.78 is 0. The zero-order valence-corrected chi connectivity index (χ0v) is 31.0. The van der Waals surface area contributed by atoms with Crippen molar-refractivity contribution in [2.24, 2.45) is 0 Å². The summed E-state index contributed by atoms with van der Waals surface area (Å²) >= 11 is 0. The predicted molar refractivity (Wildman–Crippen MR) is 212 cm³/mol. The van der Waals surface area contributed by atoms with Gasteiger partial charge in [0.15, 0.2) is 0 Å². The zero-order chi connectivity index (χ0) is 35.0. The molecule has 0 aliphatic carbocycles. The minimum Gasteiger partial charge on any atom is -0.305 e. The molecular weight excluding hydrogens is 825 g/mol. The summed E-state index contributed by atoms with van der Waals surface area (Å²) in [5.41, 5.74) is 12.9. The number of fused-ring (bicyclic) bond motifs is 1. The third-order valence-electron chi connectivity index (χ3n) is 8.83. The molecule has 0 atom stereocenters. The summed E-state index contributed by atoms with van der Waals surface area (Å²) in [6.07, 6.45) is 11.1. The third-order valence-corrected chi connectivity index (χ3v) is 8.83. The van der Waals surface area contributed by atoms with E-state index in [2.05, 4.69) is 118 Å². The van der Waals surface area contributed by atoms with Crippen molar-refractivity contribution in [1.82, 2.24) is 19.9 Å². The largest absolute Gasteiger partial charge is 0.305 e. The summed E-state index contributed by atoms with van der Waals surface area (Å²) in [5, 5.41) is 2.30. The Labute approximate surface area is 323 Å². The Morgan fingerprint density at radius 3 is 1.68 bits per heavy atom. The monoisotopic (exact) mass is 857 g/mol. The molecule has 4 heterocycles. The first-order valence-electron chi connectivity index (χ1n) is 17.1. The molecule has 0 saturated carbocycles. The van der Waals surface area contributed by atoms with Crippen LogP contribution in [0, 0.1) is 12.1 Å². The van der Waals surface area contributed by atoms with E-state index in [1.165, 1.54) is 5.39 Å². The van der Waals surface area contributed by atoms with Gasteiger partial charge >= 0.3 is 0 Å². The van der Waals surface area contributed by atoms with Crippen LogP contribution in [0.15, 0.2) is 195 Å². The van der Waals surface area contributed by atoms with E-state index in [4.69, 9.17) is 4.98 Å². The van der Waals surface area contributed by atoms with Crippen molar-refractivity contribution in [1.29, 1.82) is 0 Å². The van der Waals surface area contributed by atoms with Crippen molar-refractivity contribution < 1.29 is 20.1 Å². The van der Waals surface area contributed by atoms with Crippen LogP contribution in [-0.2, 0) is 20.1 Å². The molecule has 0 spiro atoms. The smallest absolute Gasteiger partial charge is 0.0346 e. The molecule has 0 bridgehead atoms. The van der Waals surface area contributed by atoms with E-state index >= 15 is 0 Å². The number of rotatable bonds is 6. The van der Waals surface area contributed by atoms with E-state index in [9.17, 15) is 0 Å². The van der Waals surface area contributed by atoms with Crippen molar-refractivity contribution in [2.75, 3.05) is 0 Å². The Balaban J connectivity index is 0.000000284. The Morgan fingerprint density at radius 1 is 0.377 bits per heavy atom. The molecule has 1 radical (unpaired) electrons. The number of hydrogen-bond donors (Lipinski definition) is 0. The van der Waals surface area contributed by atoms with Crippen LogP contribution in [0.1, 0.15) is 0 Å². The number of benzene rings is 5. The number of nitrogens with zero attached hydrogens (tertiary/aromatic N) is 4. The van der Waals surface area contributed by atoms with Gasteiger partial charge < -0.3 is 9.97 Å². The maximum absolute atomic E-state index is 4.71. The van der Waals surface area contributed by atoms with Gasteiger partial charge in [-0.3, -0.25) is 9.97 Å². The summed E-state index contributed by atoms with van der Waals surface area (Å²) in [5.74, 6) is 0. The first kappa shape index (κ1) is 35.0. The molecule has 255 valence electrons. The molecule has 0 unspecified atom stereocenters. The van der Waals surface area contributed by atoms with Crippen LogP contribution in [-0.4, -0.2) is 19.9 Å². The summed E-state index contributed by atoms with van der Waals surface area (Å²) in [7, 11) is 0. The van der Waals surface area contributed by atoms with Gasteiger partial charge in [-0.25, -0.2) is 0 Å². The second-order valence-corrected chi connectivity index (χ2v) is 12.2. The van der Waals surface area contributed by atoms with Crippen LogP contribution >= 0.6 is 0 Å². The van der Waals surface area contributed by atoms with Gasteiger partial charge in [0, 0.05) is 68.4 Å². The SMILES string of the molecule is [Ir].[c-]1ccc(-c2cccc(-c3cc(-c4cccnc4)cc(-c4cccnc4)c3)c2)cc1-c1nccc2ccccc12.[c-]1ccccc1-c1ccccn1. The molecule has 0 amide bonds. The summed E-state index contributed by atoms with van der Waals surface area (Å²) in [4.78, 5) is 17.6. The quantitative estimate of drug-likeness (QED) is 0.156. The van der Waals surface area contributed by atoms with E-state index in [1.807, 2.05) is 85.3 Å². The molecule has 0 N–H and O–H groups in total. The number of hydrogen-bond acceptors (Lipinski definition) is 4. The molecule has 0 aliphatic rings. The zero-order valence-electron chi connectivity index (χ0n) is 28.6. The predicted octanol–water partition coefficient (Wildman–Crippen LogP) is 11.7. The molecule has 0 saturated heterocycles. The van der Waals surface area contributed by atoms with E-state index in [-0.39, 0.29) is 20.1 Å². The molecule has 9 aromatic rings. The van der Waals surface area contributed by atoms with Crippen LogP contribution in [0.2, 0.25) is 0 Å². The fourth-order valence-electron chi connectivity index (χ4n) is 6.26. The van der Waals surface area contributed by atoms with Crippen LogP contribution < -0.4 is 0 Å². The van der Waals surface area contributed by atoms with Gasteiger partial charge in [-0.15, -0.1) is 71.3 Å². The molecule has 4 aromatic heterocycles. The van der Waals surface area contributed by atoms with Crippen molar-refractivity contribution in [3.63, 3.8) is 0 Å². The molecule has 0 aliphatic heterocycles. The normalized spacial score (nSPS) is 10.5. The van der Waals surface area contributed by atoms with E-state index in [1.54, 1.807) is 18.6 Å². The van der Waals surface area contributed by atoms with Crippen molar-refractivity contribution in [2.45, 2.75) is 0 Å². The molecule has 5 heteroatoms. The first-order chi connectivity index (χ1) is 25.8. The fraction of sp³-hybridized carbons (Fsp3) is 0. The topological polar surface area (TPSA) is 51.6 Å². The molecule has 53 heavy (non-hydrogen) atoms. The van der Waals surface area contributed by atoms with Crippen LogP contribution in [0.4, 0.5) is 0 Å². The van der Waals surface area contributed by atoms with Gasteiger partial charge in [-0.05, 0) is 98.5 Å². The number of pyridine rings is 4. The summed E-state index contributed by atoms with van der Waals surface area (Å²) in [6, 6.07) is 60.4. The standard InChI is InChI=1S/C37H24N3.C11H8N.Ir/c1-2-14-36-26(7-1)15-18-40-37(36)30-11-4-9-28(20-30)27-8-3-10-29(19-27)33-21-34(31-12-5-16-38-24-31)23-35(22-33)32-13-6-17-39-25-32;1-2-6-10(7-3-1)11-8-4-5-9-12-11;/h1-10,12-25H;1-6,8-9H;/q2*-1;. The van der Waals surface area contributed by atoms with Gasteiger partial charge in [0.25, 0.3) is 0 Å². The third kappa shape index (κ3) is 8.24. The van der Waals surface area contributed by atoms with E-state index in [0.29, 0.717) is 0 Å². The average molecular weight is 857 g/mol. The second-order valence-electron chi connectivity index (χ2n) is 12.2. The van der Waals surface area contributed by atoms with Crippen molar-refractivity contribution in [3.8, 4) is 67.0 Å². The first-order valence-corrected chi connectivity index (χ1v) is 17.1. The Kier molecular flexibility index (Phi) is 11.1.